The molecule has 0 saturated heterocycles. The summed E-state index contributed by atoms with van der Waals surface area (Å²) >= 11 is 0. The Morgan fingerprint density at radius 1 is 1.12 bits per heavy atom. The number of benzene rings is 2. The maximum absolute atomic E-state index is 11.4. The van der Waals surface area contributed by atoms with Gasteiger partial charge in [-0.15, -0.1) is 0 Å². The lowest BCUT2D eigenvalue weighted by molar-refractivity contribution is 0.180. The molecule has 0 aliphatic heterocycles. The van der Waals surface area contributed by atoms with Gasteiger partial charge in [-0.25, -0.2) is 4.79 Å². The minimum absolute atomic E-state index is 0.365. The molecule has 0 saturated carbocycles. The third-order valence-electron chi connectivity index (χ3n) is 2.57. The van der Waals surface area contributed by atoms with Crippen molar-refractivity contribution in [2.45, 2.75) is 0 Å². The zero-order chi connectivity index (χ0) is 11.5. The Kier molecular flexibility index (Phi) is 2.77. The number of rotatable bonds is 1. The Hall–Kier alpha value is -2.03. The lowest BCUT2D eigenvalue weighted by Gasteiger charge is -2.15. The van der Waals surface area contributed by atoms with Crippen LogP contribution in [0.2, 0.25) is 0 Å². The summed E-state index contributed by atoms with van der Waals surface area (Å²) in [6.45, 7) is 0. The predicted molar refractivity (Wildman–Crippen MR) is 64.8 cm³/mol. The van der Waals surface area contributed by atoms with Crippen molar-refractivity contribution in [3.63, 3.8) is 0 Å². The highest BCUT2D eigenvalue weighted by Crippen LogP contribution is 2.21. The maximum atomic E-state index is 11.4. The van der Waals surface area contributed by atoms with E-state index in [1.54, 1.807) is 7.05 Å². The van der Waals surface area contributed by atoms with Gasteiger partial charge in [-0.1, -0.05) is 30.3 Å². The number of carbonyl (C=O) groups is 1. The van der Waals surface area contributed by atoms with Crippen LogP contribution < -0.4 is 4.90 Å². The molecule has 0 atom stereocenters. The van der Waals surface area contributed by atoms with E-state index in [2.05, 4.69) is 4.74 Å². The van der Waals surface area contributed by atoms with Crippen molar-refractivity contribution < 1.29 is 9.53 Å². The van der Waals surface area contributed by atoms with Crippen LogP contribution in [-0.2, 0) is 4.74 Å². The third-order valence-corrected chi connectivity index (χ3v) is 2.57. The number of methoxy groups -OCH3 is 1. The fourth-order valence-electron chi connectivity index (χ4n) is 1.63. The van der Waals surface area contributed by atoms with Gasteiger partial charge >= 0.3 is 6.09 Å². The van der Waals surface area contributed by atoms with E-state index >= 15 is 0 Å². The maximum Gasteiger partial charge on any atom is 0.413 e. The van der Waals surface area contributed by atoms with E-state index in [9.17, 15) is 4.79 Å². The first-order valence-corrected chi connectivity index (χ1v) is 5.03. The van der Waals surface area contributed by atoms with Gasteiger partial charge < -0.3 is 4.74 Å². The van der Waals surface area contributed by atoms with Gasteiger partial charge in [0.1, 0.15) is 0 Å². The van der Waals surface area contributed by atoms with E-state index in [0.29, 0.717) is 0 Å². The van der Waals surface area contributed by atoms with Crippen LogP contribution in [0.25, 0.3) is 10.8 Å². The molecule has 3 heteroatoms. The van der Waals surface area contributed by atoms with Crippen LogP contribution in [0.5, 0.6) is 0 Å². The fraction of sp³-hybridized carbons (Fsp3) is 0.154. The summed E-state index contributed by atoms with van der Waals surface area (Å²) in [5, 5.41) is 2.26. The topological polar surface area (TPSA) is 29.5 Å². The molecular formula is C13H13NO2. The molecule has 2 rings (SSSR count). The minimum atomic E-state index is -0.365. The first kappa shape index (κ1) is 10.5. The molecule has 0 spiro atoms. The Morgan fingerprint density at radius 3 is 2.50 bits per heavy atom. The quantitative estimate of drug-likeness (QED) is 0.731. The monoisotopic (exact) mass is 215 g/mol. The van der Waals surface area contributed by atoms with Gasteiger partial charge in [-0.3, -0.25) is 4.90 Å². The molecule has 82 valence electrons. The van der Waals surface area contributed by atoms with Crippen molar-refractivity contribution in [1.82, 2.24) is 0 Å². The van der Waals surface area contributed by atoms with Crippen LogP contribution in [0, 0.1) is 0 Å². The second-order valence-corrected chi connectivity index (χ2v) is 3.56. The van der Waals surface area contributed by atoms with Gasteiger partial charge in [0.15, 0.2) is 0 Å². The van der Waals surface area contributed by atoms with Gasteiger partial charge in [-0.05, 0) is 22.9 Å². The molecule has 0 unspecified atom stereocenters. The number of anilines is 1. The lowest BCUT2D eigenvalue weighted by atomic mass is 10.1. The molecule has 1 amide bonds. The van der Waals surface area contributed by atoms with Crippen LogP contribution >= 0.6 is 0 Å². The molecule has 16 heavy (non-hydrogen) atoms. The molecule has 0 N–H and O–H groups in total. The SMILES string of the molecule is COC(=O)N(C)c1ccc2ccccc2c1. The zero-order valence-electron chi connectivity index (χ0n) is 9.31. The average Bonchev–Trinajstić information content (AvgIpc) is 2.36. The van der Waals surface area contributed by atoms with E-state index in [1.165, 1.54) is 12.0 Å². The number of hydrogen-bond donors (Lipinski definition) is 0. The molecule has 2 aromatic carbocycles. The minimum Gasteiger partial charge on any atom is -0.452 e. The van der Waals surface area contributed by atoms with Crippen molar-refractivity contribution in [3.05, 3.63) is 42.5 Å². The van der Waals surface area contributed by atoms with Crippen molar-refractivity contribution in [2.75, 3.05) is 19.1 Å². The van der Waals surface area contributed by atoms with Crippen molar-refractivity contribution in [2.24, 2.45) is 0 Å². The zero-order valence-corrected chi connectivity index (χ0v) is 9.31. The second kappa shape index (κ2) is 4.23. The van der Waals surface area contributed by atoms with E-state index in [1.807, 2.05) is 42.5 Å². The summed E-state index contributed by atoms with van der Waals surface area (Å²) in [7, 11) is 3.07. The number of carbonyl (C=O) groups excluding carboxylic acids is 1. The molecule has 0 heterocycles. The van der Waals surface area contributed by atoms with Crippen LogP contribution in [0.15, 0.2) is 42.5 Å². The van der Waals surface area contributed by atoms with Crippen LogP contribution in [-0.4, -0.2) is 20.3 Å². The Morgan fingerprint density at radius 2 is 1.81 bits per heavy atom. The number of hydrogen-bond acceptors (Lipinski definition) is 2. The standard InChI is InChI=1S/C13H13NO2/c1-14(13(15)16-2)12-8-7-10-5-3-4-6-11(10)9-12/h3-9H,1-2H3. The molecule has 2 aromatic rings. The second-order valence-electron chi connectivity index (χ2n) is 3.56. The summed E-state index contributed by atoms with van der Waals surface area (Å²) < 4.78 is 4.67. The summed E-state index contributed by atoms with van der Waals surface area (Å²) in [6, 6.07) is 13.9. The first-order chi connectivity index (χ1) is 7.72. The van der Waals surface area contributed by atoms with E-state index < -0.39 is 0 Å². The summed E-state index contributed by atoms with van der Waals surface area (Å²) in [5.74, 6) is 0. The van der Waals surface area contributed by atoms with Gasteiger partial charge in [-0.2, -0.15) is 0 Å². The first-order valence-electron chi connectivity index (χ1n) is 5.03. The Bertz CT molecular complexity index is 522. The fourth-order valence-corrected chi connectivity index (χ4v) is 1.63. The van der Waals surface area contributed by atoms with Crippen molar-refractivity contribution in [3.8, 4) is 0 Å². The molecule has 0 radical (unpaired) electrons. The average molecular weight is 215 g/mol. The van der Waals surface area contributed by atoms with Crippen LogP contribution in [0.1, 0.15) is 0 Å². The largest absolute Gasteiger partial charge is 0.452 e. The summed E-state index contributed by atoms with van der Waals surface area (Å²) in [6.07, 6.45) is -0.365. The highest BCUT2D eigenvalue weighted by Gasteiger charge is 2.10. The Balaban J connectivity index is 2.43. The smallest absolute Gasteiger partial charge is 0.413 e. The van der Waals surface area contributed by atoms with Crippen molar-refractivity contribution >= 4 is 22.6 Å². The third kappa shape index (κ3) is 1.84. The Labute approximate surface area is 94.2 Å². The van der Waals surface area contributed by atoms with Gasteiger partial charge in [0.2, 0.25) is 0 Å². The predicted octanol–water partition coefficient (Wildman–Crippen LogP) is 3.04. The van der Waals surface area contributed by atoms with E-state index in [0.717, 1.165) is 16.5 Å². The summed E-state index contributed by atoms with van der Waals surface area (Å²) in [4.78, 5) is 12.8. The normalized spacial score (nSPS) is 10.1. The van der Waals surface area contributed by atoms with Crippen LogP contribution in [0.3, 0.4) is 0 Å². The van der Waals surface area contributed by atoms with E-state index in [4.69, 9.17) is 0 Å². The number of ether oxygens (including phenoxy) is 1. The molecule has 0 bridgehead atoms. The summed E-state index contributed by atoms with van der Waals surface area (Å²) in [5.41, 5.74) is 0.825. The number of nitrogens with zero attached hydrogens (tertiary/aromatic N) is 1. The molecule has 3 nitrogen and oxygen atoms in total. The number of amides is 1. The molecular weight excluding hydrogens is 202 g/mol. The van der Waals surface area contributed by atoms with Gasteiger partial charge in [0.25, 0.3) is 0 Å². The van der Waals surface area contributed by atoms with Crippen LogP contribution in [0.4, 0.5) is 10.5 Å². The molecule has 0 aliphatic rings. The lowest BCUT2D eigenvalue weighted by Crippen LogP contribution is -2.25. The molecule has 0 fully saturated rings. The molecule has 0 aliphatic carbocycles. The van der Waals surface area contributed by atoms with Gasteiger partial charge in [0, 0.05) is 12.7 Å². The van der Waals surface area contributed by atoms with E-state index in [-0.39, 0.29) is 6.09 Å². The number of fused-ring (bicyclic) bond motifs is 1. The van der Waals surface area contributed by atoms with Gasteiger partial charge in [0.05, 0.1) is 7.11 Å². The highest BCUT2D eigenvalue weighted by atomic mass is 16.5. The highest BCUT2D eigenvalue weighted by molar-refractivity contribution is 5.92. The van der Waals surface area contributed by atoms with Crippen molar-refractivity contribution in [1.29, 1.82) is 0 Å². The molecule has 0 aromatic heterocycles.